The molecule has 0 aliphatic carbocycles. The molecule has 0 saturated carbocycles. The number of aromatic nitrogens is 1. The number of hydrogen-bond donors (Lipinski definition) is 0. The zero-order valence-corrected chi connectivity index (χ0v) is 14.3. The summed E-state index contributed by atoms with van der Waals surface area (Å²) in [5.41, 5.74) is 6.59. The molecule has 120 valence electrons. The molecule has 4 aromatic carbocycles. The first-order valence-corrected chi connectivity index (χ1v) is 8.76. The minimum Gasteiger partial charge on any atom is -0.310 e. The number of benzene rings is 4. The van der Waals surface area contributed by atoms with E-state index in [1.807, 2.05) is 18.2 Å². The van der Waals surface area contributed by atoms with Gasteiger partial charge in [0, 0.05) is 22.0 Å². The third-order valence-electron chi connectivity index (χ3n) is 4.96. The van der Waals surface area contributed by atoms with Crippen LogP contribution in [0.4, 0.5) is 0 Å². The van der Waals surface area contributed by atoms with E-state index in [1.54, 1.807) is 0 Å². The van der Waals surface area contributed by atoms with Crippen LogP contribution in [0.25, 0.3) is 38.6 Å². The van der Waals surface area contributed by atoms with Crippen LogP contribution in [-0.2, 0) is 0 Å². The average Bonchev–Trinajstić information content (AvgIpc) is 3.05. The van der Waals surface area contributed by atoms with Crippen molar-refractivity contribution in [1.82, 2.24) is 4.57 Å². The number of hydrogen-bond acceptors (Lipinski definition) is 0. The van der Waals surface area contributed by atoms with Crippen molar-refractivity contribution < 1.29 is 0 Å². The monoisotopic (exact) mass is 329 g/mol. The lowest BCUT2D eigenvalue weighted by Gasteiger charge is -2.11. The fraction of sp³-hybridized carbons (Fsp3) is 0. The summed E-state index contributed by atoms with van der Waals surface area (Å²) in [6.45, 7) is 0. The van der Waals surface area contributed by atoms with Gasteiger partial charge in [0.05, 0.1) is 5.52 Å². The molecule has 1 heterocycles. The summed E-state index contributed by atoms with van der Waals surface area (Å²) in [4.78, 5) is 0. The van der Waals surface area contributed by atoms with Crippen molar-refractivity contribution in [3.8, 4) is 16.8 Å². The molecule has 0 amide bonds. The van der Waals surface area contributed by atoms with Crippen LogP contribution >= 0.6 is 0 Å². The minimum atomic E-state index is 0.797. The van der Waals surface area contributed by atoms with E-state index in [0.717, 1.165) is 16.7 Å². The molecule has 2 heteroatoms. The Bertz CT molecular complexity index is 1220. The summed E-state index contributed by atoms with van der Waals surface area (Å²) in [6.07, 6.45) is 0. The smallest absolute Gasteiger partial charge is 0.116 e. The molecule has 0 atom stereocenters. The Hall–Kier alpha value is -3.26. The Labute approximate surface area is 153 Å². The minimum absolute atomic E-state index is 0.797. The highest BCUT2D eigenvalue weighted by molar-refractivity contribution is 6.39. The largest absolute Gasteiger partial charge is 0.310 e. The molecule has 0 aliphatic heterocycles. The quantitative estimate of drug-likeness (QED) is 0.390. The second kappa shape index (κ2) is 5.92. The van der Waals surface area contributed by atoms with Crippen LogP contribution in [0.15, 0.2) is 97.1 Å². The van der Waals surface area contributed by atoms with Crippen LogP contribution in [0.3, 0.4) is 0 Å². The van der Waals surface area contributed by atoms with E-state index in [-0.39, 0.29) is 0 Å². The predicted molar refractivity (Wildman–Crippen MR) is 112 cm³/mol. The fourth-order valence-corrected chi connectivity index (χ4v) is 3.75. The molecule has 0 unspecified atom stereocenters. The molecule has 0 aliphatic rings. The maximum Gasteiger partial charge on any atom is 0.116 e. The predicted octanol–water partition coefficient (Wildman–Crippen LogP) is 5.24. The first-order chi connectivity index (χ1) is 12.8. The Morgan fingerprint density at radius 2 is 1.19 bits per heavy atom. The average molecular weight is 329 g/mol. The highest BCUT2D eigenvalue weighted by Crippen LogP contribution is 2.31. The van der Waals surface area contributed by atoms with E-state index in [1.165, 1.54) is 27.4 Å². The van der Waals surface area contributed by atoms with E-state index < -0.39 is 0 Å². The summed E-state index contributed by atoms with van der Waals surface area (Å²) < 4.78 is 2.26. The van der Waals surface area contributed by atoms with Crippen molar-refractivity contribution in [3.05, 3.63) is 97.1 Å². The van der Waals surface area contributed by atoms with Gasteiger partial charge in [-0.3, -0.25) is 0 Å². The van der Waals surface area contributed by atoms with Crippen molar-refractivity contribution >= 4 is 35.1 Å². The molecule has 1 aromatic heterocycles. The van der Waals surface area contributed by atoms with Gasteiger partial charge in [-0.15, -0.1) is 0 Å². The second-order valence-electron chi connectivity index (χ2n) is 6.51. The number of para-hydroxylation sites is 2. The summed E-state index contributed by atoms with van der Waals surface area (Å²) in [5.74, 6) is 0. The van der Waals surface area contributed by atoms with Crippen LogP contribution in [-0.4, -0.2) is 12.4 Å². The molecule has 0 N–H and O–H groups in total. The third-order valence-corrected chi connectivity index (χ3v) is 4.96. The van der Waals surface area contributed by atoms with Gasteiger partial charge in [-0.25, -0.2) is 0 Å². The standard InChI is InChI=1S/C24H16BN/c25-22-11-6-10-21-20-9-4-5-12-23(20)26(24(21)22)19-15-13-18(14-16-19)17-7-2-1-3-8-17/h1-16H. The van der Waals surface area contributed by atoms with Gasteiger partial charge in [0.15, 0.2) is 0 Å². The maximum atomic E-state index is 6.36. The van der Waals surface area contributed by atoms with E-state index in [4.69, 9.17) is 7.85 Å². The molecule has 0 fully saturated rings. The molecular formula is C24H16BN. The molecule has 2 radical (unpaired) electrons. The van der Waals surface area contributed by atoms with Crippen LogP contribution in [0.2, 0.25) is 0 Å². The number of rotatable bonds is 2. The van der Waals surface area contributed by atoms with Crippen LogP contribution in [0, 0.1) is 0 Å². The van der Waals surface area contributed by atoms with Crippen molar-refractivity contribution in [1.29, 1.82) is 0 Å². The normalized spacial score (nSPS) is 11.2. The molecule has 0 saturated heterocycles. The SMILES string of the molecule is [B]c1cccc2c3ccccc3n(-c3ccc(-c4ccccc4)cc3)c12. The van der Waals surface area contributed by atoms with Gasteiger partial charge in [-0.05, 0) is 29.3 Å². The molecule has 5 rings (SSSR count). The van der Waals surface area contributed by atoms with Crippen molar-refractivity contribution in [2.45, 2.75) is 0 Å². The Kier molecular flexibility index (Phi) is 3.43. The highest BCUT2D eigenvalue weighted by atomic mass is 15.0. The van der Waals surface area contributed by atoms with Crippen LogP contribution < -0.4 is 5.46 Å². The molecule has 0 bridgehead atoms. The topological polar surface area (TPSA) is 4.93 Å². The van der Waals surface area contributed by atoms with E-state index in [0.29, 0.717) is 0 Å². The van der Waals surface area contributed by atoms with E-state index >= 15 is 0 Å². The number of fused-ring (bicyclic) bond motifs is 3. The Morgan fingerprint density at radius 1 is 0.538 bits per heavy atom. The zero-order valence-electron chi connectivity index (χ0n) is 14.3. The highest BCUT2D eigenvalue weighted by Gasteiger charge is 2.13. The molecule has 1 nitrogen and oxygen atoms in total. The summed E-state index contributed by atoms with van der Waals surface area (Å²) in [6, 6.07) is 33.7. The first-order valence-electron chi connectivity index (χ1n) is 8.76. The van der Waals surface area contributed by atoms with Gasteiger partial charge in [0.2, 0.25) is 0 Å². The third kappa shape index (κ3) is 2.27. The summed E-state index contributed by atoms with van der Waals surface area (Å²) in [7, 11) is 6.36. The first kappa shape index (κ1) is 15.0. The molecule has 5 aromatic rings. The van der Waals surface area contributed by atoms with Gasteiger partial charge < -0.3 is 4.57 Å². The molecule has 26 heavy (non-hydrogen) atoms. The van der Waals surface area contributed by atoms with Crippen molar-refractivity contribution in [2.24, 2.45) is 0 Å². The summed E-state index contributed by atoms with van der Waals surface area (Å²) >= 11 is 0. The van der Waals surface area contributed by atoms with Gasteiger partial charge in [-0.2, -0.15) is 0 Å². The zero-order chi connectivity index (χ0) is 17.5. The van der Waals surface area contributed by atoms with E-state index in [9.17, 15) is 0 Å². The molecular weight excluding hydrogens is 313 g/mol. The van der Waals surface area contributed by atoms with Crippen LogP contribution in [0.1, 0.15) is 0 Å². The Morgan fingerprint density at radius 3 is 2.00 bits per heavy atom. The second-order valence-corrected chi connectivity index (χ2v) is 6.51. The van der Waals surface area contributed by atoms with Crippen LogP contribution in [0.5, 0.6) is 0 Å². The van der Waals surface area contributed by atoms with Gasteiger partial charge in [0.25, 0.3) is 0 Å². The lowest BCUT2D eigenvalue weighted by atomic mass is 9.93. The van der Waals surface area contributed by atoms with Gasteiger partial charge >= 0.3 is 0 Å². The Balaban J connectivity index is 1.76. The maximum absolute atomic E-state index is 6.36. The van der Waals surface area contributed by atoms with Crippen molar-refractivity contribution in [3.63, 3.8) is 0 Å². The lowest BCUT2D eigenvalue weighted by Crippen LogP contribution is -2.07. The molecule has 0 spiro atoms. The van der Waals surface area contributed by atoms with Gasteiger partial charge in [-0.1, -0.05) is 84.3 Å². The van der Waals surface area contributed by atoms with Crippen molar-refractivity contribution in [2.75, 3.05) is 0 Å². The van der Waals surface area contributed by atoms with E-state index in [2.05, 4.69) is 83.4 Å². The van der Waals surface area contributed by atoms with Gasteiger partial charge in [0.1, 0.15) is 7.85 Å². The number of nitrogens with zero attached hydrogens (tertiary/aromatic N) is 1. The fourth-order valence-electron chi connectivity index (χ4n) is 3.75. The summed E-state index contributed by atoms with van der Waals surface area (Å²) in [5, 5.41) is 2.41. The lowest BCUT2D eigenvalue weighted by molar-refractivity contribution is 1.18.